The van der Waals surface area contributed by atoms with Gasteiger partial charge in [0.25, 0.3) is 0 Å². The minimum absolute atomic E-state index is 0.0710. The molecule has 1 aromatic rings. The normalized spacial score (nSPS) is 8.93. The number of nitrogens with two attached hydrogens (primary N) is 1. The van der Waals surface area contributed by atoms with Gasteiger partial charge >= 0.3 is 5.97 Å². The number of carbonyl (C=O) groups excluding carboxylic acids is 1. The first-order valence-corrected chi connectivity index (χ1v) is 4.42. The summed E-state index contributed by atoms with van der Waals surface area (Å²) in [6, 6.07) is 3.46. The fourth-order valence-electron chi connectivity index (χ4n) is 0.921. The van der Waals surface area contributed by atoms with Gasteiger partial charge in [0.2, 0.25) is 0 Å². The zero-order chi connectivity index (χ0) is 11.3. The molecule has 0 saturated heterocycles. The maximum absolute atomic E-state index is 10.8. The van der Waals surface area contributed by atoms with Crippen LogP contribution in [0.2, 0.25) is 0 Å². The van der Waals surface area contributed by atoms with E-state index in [1.165, 1.54) is 7.11 Å². The lowest BCUT2D eigenvalue weighted by atomic mass is 10.2. The van der Waals surface area contributed by atoms with Gasteiger partial charge in [-0.05, 0) is 25.0 Å². The zero-order valence-corrected chi connectivity index (χ0v) is 8.70. The lowest BCUT2D eigenvalue weighted by molar-refractivity contribution is -0.139. The molecule has 0 fully saturated rings. The molecule has 1 heterocycles. The van der Waals surface area contributed by atoms with Crippen LogP contribution in [-0.4, -0.2) is 18.1 Å². The van der Waals surface area contributed by atoms with Gasteiger partial charge < -0.3 is 10.5 Å². The van der Waals surface area contributed by atoms with Crippen LogP contribution < -0.4 is 5.73 Å². The molecule has 1 aromatic heterocycles. The van der Waals surface area contributed by atoms with Crippen molar-refractivity contribution >= 4 is 11.7 Å². The first-order valence-electron chi connectivity index (χ1n) is 4.42. The number of methoxy groups -OCH3 is 1. The average Bonchev–Trinajstić information content (AvgIpc) is 2.23. The van der Waals surface area contributed by atoms with Crippen molar-refractivity contribution in [3.63, 3.8) is 0 Å². The summed E-state index contributed by atoms with van der Waals surface area (Å²) < 4.78 is 4.45. The van der Waals surface area contributed by atoms with Crippen molar-refractivity contribution in [1.82, 2.24) is 4.98 Å². The first-order chi connectivity index (χ1) is 7.13. The molecule has 4 heteroatoms. The molecule has 0 aliphatic rings. The Morgan fingerprint density at radius 1 is 1.60 bits per heavy atom. The topological polar surface area (TPSA) is 65.2 Å². The summed E-state index contributed by atoms with van der Waals surface area (Å²) in [5.41, 5.74) is 7.57. The van der Waals surface area contributed by atoms with Gasteiger partial charge in [0.05, 0.1) is 18.5 Å². The summed E-state index contributed by atoms with van der Waals surface area (Å²) >= 11 is 0. The fourth-order valence-corrected chi connectivity index (χ4v) is 0.921. The maximum atomic E-state index is 10.8. The van der Waals surface area contributed by atoms with Crippen LogP contribution in [0, 0.1) is 18.8 Å². The minimum atomic E-state index is -0.352. The number of aryl methyl sites for hydroxylation is 1. The molecule has 0 saturated carbocycles. The van der Waals surface area contributed by atoms with Crippen LogP contribution in [0.15, 0.2) is 12.1 Å². The summed E-state index contributed by atoms with van der Waals surface area (Å²) in [6.45, 7) is 1.81. The molecule has 4 nitrogen and oxygen atoms in total. The van der Waals surface area contributed by atoms with Crippen LogP contribution in [0.4, 0.5) is 5.69 Å². The predicted octanol–water partition coefficient (Wildman–Crippen LogP) is 0.887. The Hall–Kier alpha value is -2.02. The van der Waals surface area contributed by atoms with Crippen LogP contribution in [0.5, 0.6) is 0 Å². The second-order valence-corrected chi connectivity index (χ2v) is 2.93. The van der Waals surface area contributed by atoms with Crippen LogP contribution in [0.1, 0.15) is 17.8 Å². The molecule has 2 N–H and O–H groups in total. The van der Waals surface area contributed by atoms with Crippen molar-refractivity contribution in [3.05, 3.63) is 23.5 Å². The number of rotatable bonds is 1. The second kappa shape index (κ2) is 5.01. The third-order valence-electron chi connectivity index (χ3n) is 1.80. The molecule has 1 rings (SSSR count). The maximum Gasteiger partial charge on any atom is 0.317 e. The number of carbonyl (C=O) groups is 1. The van der Waals surface area contributed by atoms with E-state index in [4.69, 9.17) is 5.73 Å². The number of pyridine rings is 1. The van der Waals surface area contributed by atoms with Crippen LogP contribution in [0.3, 0.4) is 0 Å². The number of hydrogen-bond acceptors (Lipinski definition) is 4. The van der Waals surface area contributed by atoms with Gasteiger partial charge in [0, 0.05) is 0 Å². The standard InChI is InChI=1S/C11H12N2O2/c1-8-10(12)7-6-9(13-8)4-3-5-11(14)15-2/h6-7H,5,12H2,1-2H3. The van der Waals surface area contributed by atoms with E-state index in [0.717, 1.165) is 5.69 Å². The molecule has 0 aromatic carbocycles. The third kappa shape index (κ3) is 3.31. The Bertz CT molecular complexity index is 430. The van der Waals surface area contributed by atoms with Crippen molar-refractivity contribution in [3.8, 4) is 11.8 Å². The van der Waals surface area contributed by atoms with Crippen molar-refractivity contribution < 1.29 is 9.53 Å². The zero-order valence-electron chi connectivity index (χ0n) is 8.70. The Morgan fingerprint density at radius 2 is 2.33 bits per heavy atom. The number of aromatic nitrogens is 1. The minimum Gasteiger partial charge on any atom is -0.468 e. The smallest absolute Gasteiger partial charge is 0.317 e. The summed E-state index contributed by atoms with van der Waals surface area (Å²) in [5.74, 6) is 5.08. The van der Waals surface area contributed by atoms with Crippen molar-refractivity contribution in [2.75, 3.05) is 12.8 Å². The highest BCUT2D eigenvalue weighted by atomic mass is 16.5. The van der Waals surface area contributed by atoms with Crippen molar-refractivity contribution in [2.45, 2.75) is 13.3 Å². The summed E-state index contributed by atoms with van der Waals surface area (Å²) in [6.07, 6.45) is 0.0710. The van der Waals surface area contributed by atoms with E-state index in [1.54, 1.807) is 19.1 Å². The summed E-state index contributed by atoms with van der Waals surface area (Å²) in [5, 5.41) is 0. The number of nitrogens with zero attached hydrogens (tertiary/aromatic N) is 1. The molecule has 0 bridgehead atoms. The van der Waals surface area contributed by atoms with E-state index < -0.39 is 0 Å². The lowest BCUT2D eigenvalue weighted by Crippen LogP contribution is -1.97. The van der Waals surface area contributed by atoms with E-state index in [0.29, 0.717) is 11.4 Å². The Morgan fingerprint density at radius 3 is 2.93 bits per heavy atom. The Labute approximate surface area is 88.5 Å². The van der Waals surface area contributed by atoms with Crippen LogP contribution >= 0.6 is 0 Å². The molecule has 78 valence electrons. The third-order valence-corrected chi connectivity index (χ3v) is 1.80. The molecule has 0 unspecified atom stereocenters. The fraction of sp³-hybridized carbons (Fsp3) is 0.273. The largest absolute Gasteiger partial charge is 0.468 e. The highest BCUT2D eigenvalue weighted by molar-refractivity contribution is 5.72. The SMILES string of the molecule is COC(=O)CC#Cc1ccc(N)c(C)n1. The highest BCUT2D eigenvalue weighted by Crippen LogP contribution is 2.06. The molecule has 0 spiro atoms. The summed E-state index contributed by atoms with van der Waals surface area (Å²) in [4.78, 5) is 14.9. The van der Waals surface area contributed by atoms with Gasteiger partial charge in [0.15, 0.2) is 0 Å². The van der Waals surface area contributed by atoms with E-state index in [-0.39, 0.29) is 12.4 Å². The van der Waals surface area contributed by atoms with E-state index in [2.05, 4.69) is 21.6 Å². The van der Waals surface area contributed by atoms with E-state index in [9.17, 15) is 4.79 Å². The van der Waals surface area contributed by atoms with Crippen LogP contribution in [0.25, 0.3) is 0 Å². The molecule has 0 amide bonds. The lowest BCUT2D eigenvalue weighted by Gasteiger charge is -1.97. The second-order valence-electron chi connectivity index (χ2n) is 2.93. The van der Waals surface area contributed by atoms with Gasteiger partial charge in [-0.3, -0.25) is 4.79 Å². The molecule has 0 radical (unpaired) electrons. The van der Waals surface area contributed by atoms with Gasteiger partial charge in [-0.15, -0.1) is 0 Å². The highest BCUT2D eigenvalue weighted by Gasteiger charge is 1.96. The molecular formula is C11H12N2O2. The molecule has 0 atom stereocenters. The van der Waals surface area contributed by atoms with Gasteiger partial charge in [0.1, 0.15) is 12.1 Å². The first kappa shape index (κ1) is 11.1. The van der Waals surface area contributed by atoms with Gasteiger partial charge in [-0.1, -0.05) is 5.92 Å². The number of hydrogen-bond donors (Lipinski definition) is 1. The van der Waals surface area contributed by atoms with Gasteiger partial charge in [-0.25, -0.2) is 4.98 Å². The monoisotopic (exact) mass is 204 g/mol. The quantitative estimate of drug-likeness (QED) is 0.545. The summed E-state index contributed by atoms with van der Waals surface area (Å²) in [7, 11) is 1.33. The van der Waals surface area contributed by atoms with Crippen molar-refractivity contribution in [2.24, 2.45) is 0 Å². The average molecular weight is 204 g/mol. The van der Waals surface area contributed by atoms with E-state index in [1.807, 2.05) is 0 Å². The number of esters is 1. The molecule has 15 heavy (non-hydrogen) atoms. The Kier molecular flexibility index (Phi) is 3.69. The molecule has 0 aliphatic carbocycles. The van der Waals surface area contributed by atoms with Gasteiger partial charge in [-0.2, -0.15) is 0 Å². The van der Waals surface area contributed by atoms with E-state index >= 15 is 0 Å². The molecular weight excluding hydrogens is 192 g/mol. The van der Waals surface area contributed by atoms with Crippen LogP contribution in [-0.2, 0) is 9.53 Å². The Balaban J connectivity index is 2.72. The number of nitrogen functional groups attached to an aromatic ring is 1. The number of ether oxygens (including phenoxy) is 1. The predicted molar refractivity (Wildman–Crippen MR) is 56.9 cm³/mol. The number of anilines is 1. The van der Waals surface area contributed by atoms with Crippen molar-refractivity contribution in [1.29, 1.82) is 0 Å². The molecule has 0 aliphatic heterocycles.